The summed E-state index contributed by atoms with van der Waals surface area (Å²) in [5, 5.41) is 11.4. The number of hydrogen-bond acceptors (Lipinski definition) is 4. The number of rotatable bonds is 3. The average Bonchev–Trinajstić information content (AvgIpc) is 2.44. The fourth-order valence-corrected chi connectivity index (χ4v) is 1.99. The maximum Gasteiger partial charge on any atom is 0.252 e. The van der Waals surface area contributed by atoms with Gasteiger partial charge in [0.05, 0.1) is 6.07 Å². The Morgan fingerprint density at radius 3 is 2.68 bits per heavy atom. The molecule has 1 unspecified atom stereocenters. The summed E-state index contributed by atoms with van der Waals surface area (Å²) in [6, 6.07) is 5.68. The van der Waals surface area contributed by atoms with Gasteiger partial charge in [-0.1, -0.05) is 17.7 Å². The molecule has 2 rings (SSSR count). The molecule has 8 heteroatoms. The van der Waals surface area contributed by atoms with Crippen LogP contribution in [0.15, 0.2) is 30.3 Å². The number of halogens is 3. The molecule has 1 atom stereocenters. The van der Waals surface area contributed by atoms with Crippen LogP contribution < -0.4 is 11.1 Å². The van der Waals surface area contributed by atoms with Crippen molar-refractivity contribution in [1.29, 1.82) is 5.26 Å². The van der Waals surface area contributed by atoms with E-state index >= 15 is 0 Å². The third-order valence-corrected chi connectivity index (χ3v) is 2.95. The van der Waals surface area contributed by atoms with E-state index in [9.17, 15) is 13.6 Å². The lowest BCUT2D eigenvalue weighted by Crippen LogP contribution is -2.28. The second kappa shape index (κ2) is 6.37. The van der Waals surface area contributed by atoms with E-state index in [1.54, 1.807) is 6.07 Å². The van der Waals surface area contributed by atoms with Crippen LogP contribution in [0.1, 0.15) is 22.0 Å². The number of nitrogens with zero attached hydrogens (tertiary/aromatic N) is 2. The standard InChI is InChI=1S/C14H9ClF2N4O/c15-12-3-7(4-13(19)21-12)14(22)20-11(6-18)9-2-1-8(16)5-10(9)17/h1-5,11H,(H2,19,21)(H,20,22). The SMILES string of the molecule is N#CC(NC(=O)c1cc(N)nc(Cl)c1)c1ccc(F)cc1F. The summed E-state index contributed by atoms with van der Waals surface area (Å²) in [7, 11) is 0. The van der Waals surface area contributed by atoms with Gasteiger partial charge >= 0.3 is 0 Å². The lowest BCUT2D eigenvalue weighted by molar-refractivity contribution is 0.0944. The van der Waals surface area contributed by atoms with Gasteiger partial charge in [-0.15, -0.1) is 0 Å². The molecule has 0 fully saturated rings. The number of pyridine rings is 1. The lowest BCUT2D eigenvalue weighted by atomic mass is 10.1. The Labute approximate surface area is 129 Å². The van der Waals surface area contributed by atoms with Crippen molar-refractivity contribution in [2.45, 2.75) is 6.04 Å². The van der Waals surface area contributed by atoms with Crippen molar-refractivity contribution in [1.82, 2.24) is 10.3 Å². The summed E-state index contributed by atoms with van der Waals surface area (Å²) in [4.78, 5) is 15.8. The van der Waals surface area contributed by atoms with Crippen LogP contribution in [0, 0.1) is 23.0 Å². The van der Waals surface area contributed by atoms with E-state index < -0.39 is 23.6 Å². The van der Waals surface area contributed by atoms with Gasteiger partial charge in [-0.25, -0.2) is 13.8 Å². The summed E-state index contributed by atoms with van der Waals surface area (Å²) in [6.45, 7) is 0. The number of nitriles is 1. The smallest absolute Gasteiger partial charge is 0.252 e. The largest absolute Gasteiger partial charge is 0.384 e. The zero-order valence-corrected chi connectivity index (χ0v) is 11.7. The lowest BCUT2D eigenvalue weighted by Gasteiger charge is -2.13. The molecular formula is C14H9ClF2N4O. The Hall–Kier alpha value is -2.72. The van der Waals surface area contributed by atoms with Gasteiger partial charge in [-0.05, 0) is 18.2 Å². The number of benzene rings is 1. The number of nitrogen functional groups attached to an aromatic ring is 1. The summed E-state index contributed by atoms with van der Waals surface area (Å²) >= 11 is 5.69. The Morgan fingerprint density at radius 1 is 1.36 bits per heavy atom. The van der Waals surface area contributed by atoms with Gasteiger partial charge in [0.2, 0.25) is 0 Å². The molecule has 1 aromatic heterocycles. The minimum Gasteiger partial charge on any atom is -0.384 e. The number of aromatic nitrogens is 1. The first-order chi connectivity index (χ1) is 10.4. The third kappa shape index (κ3) is 3.48. The van der Waals surface area contributed by atoms with Crippen LogP contribution in [0.2, 0.25) is 5.15 Å². The van der Waals surface area contributed by atoms with E-state index in [4.69, 9.17) is 22.6 Å². The average molecular weight is 323 g/mol. The fourth-order valence-electron chi connectivity index (χ4n) is 1.78. The minimum absolute atomic E-state index is 0.00613. The van der Waals surface area contributed by atoms with Crippen molar-refractivity contribution in [3.63, 3.8) is 0 Å². The second-order valence-electron chi connectivity index (χ2n) is 4.30. The molecule has 22 heavy (non-hydrogen) atoms. The summed E-state index contributed by atoms with van der Waals surface area (Å²) < 4.78 is 26.6. The van der Waals surface area contributed by atoms with Gasteiger partial charge in [0.1, 0.15) is 28.6 Å². The highest BCUT2D eigenvalue weighted by atomic mass is 35.5. The summed E-state index contributed by atoms with van der Waals surface area (Å²) in [5.74, 6) is -2.37. The molecule has 0 radical (unpaired) electrons. The molecule has 3 N–H and O–H groups in total. The zero-order chi connectivity index (χ0) is 16.3. The van der Waals surface area contributed by atoms with Crippen LogP contribution in [0.25, 0.3) is 0 Å². The summed E-state index contributed by atoms with van der Waals surface area (Å²) in [6.07, 6.45) is 0. The van der Waals surface area contributed by atoms with E-state index in [2.05, 4.69) is 10.3 Å². The van der Waals surface area contributed by atoms with Crippen molar-refractivity contribution in [2.24, 2.45) is 0 Å². The molecule has 0 aliphatic rings. The first-order valence-corrected chi connectivity index (χ1v) is 6.37. The van der Waals surface area contributed by atoms with Gasteiger partial charge in [0, 0.05) is 17.2 Å². The second-order valence-corrected chi connectivity index (χ2v) is 4.69. The first kappa shape index (κ1) is 15.7. The Balaban J connectivity index is 2.26. The number of carbonyl (C=O) groups is 1. The van der Waals surface area contributed by atoms with Crippen LogP contribution >= 0.6 is 11.6 Å². The van der Waals surface area contributed by atoms with Crippen LogP contribution in [0.5, 0.6) is 0 Å². The molecule has 2 aromatic rings. The highest BCUT2D eigenvalue weighted by molar-refractivity contribution is 6.29. The quantitative estimate of drug-likeness (QED) is 0.850. The third-order valence-electron chi connectivity index (χ3n) is 2.75. The molecule has 0 bridgehead atoms. The highest BCUT2D eigenvalue weighted by Crippen LogP contribution is 2.19. The topological polar surface area (TPSA) is 91.8 Å². The van der Waals surface area contributed by atoms with Gasteiger partial charge in [-0.3, -0.25) is 4.79 Å². The zero-order valence-electron chi connectivity index (χ0n) is 11.0. The molecule has 0 spiro atoms. The number of anilines is 1. The van der Waals surface area contributed by atoms with Crippen LogP contribution in [-0.2, 0) is 0 Å². The van der Waals surface area contributed by atoms with E-state index in [0.717, 1.165) is 12.1 Å². The molecule has 112 valence electrons. The number of nitrogens with two attached hydrogens (primary N) is 1. The molecule has 0 aliphatic heterocycles. The molecular weight excluding hydrogens is 314 g/mol. The predicted molar refractivity (Wildman–Crippen MR) is 75.8 cm³/mol. The number of carbonyl (C=O) groups excluding carboxylic acids is 1. The molecule has 1 amide bonds. The van der Waals surface area contributed by atoms with E-state index in [1.807, 2.05) is 0 Å². The molecule has 5 nitrogen and oxygen atoms in total. The summed E-state index contributed by atoms with van der Waals surface area (Å²) in [5.41, 5.74) is 5.39. The predicted octanol–water partition coefficient (Wildman–Crippen LogP) is 2.59. The van der Waals surface area contributed by atoms with Gasteiger partial charge < -0.3 is 11.1 Å². The number of nitrogens with one attached hydrogen (secondary N) is 1. The molecule has 0 aliphatic carbocycles. The Morgan fingerprint density at radius 2 is 2.09 bits per heavy atom. The van der Waals surface area contributed by atoms with E-state index in [0.29, 0.717) is 6.07 Å². The van der Waals surface area contributed by atoms with Crippen LogP contribution in [-0.4, -0.2) is 10.9 Å². The van der Waals surface area contributed by atoms with E-state index in [-0.39, 0.29) is 22.1 Å². The first-order valence-electron chi connectivity index (χ1n) is 5.99. The fraction of sp³-hybridized carbons (Fsp3) is 0.0714. The monoisotopic (exact) mass is 322 g/mol. The highest BCUT2D eigenvalue weighted by Gasteiger charge is 2.19. The normalized spacial score (nSPS) is 11.5. The Bertz CT molecular complexity index is 756. The molecule has 0 saturated carbocycles. The van der Waals surface area contributed by atoms with Crippen molar-refractivity contribution >= 4 is 23.3 Å². The van der Waals surface area contributed by atoms with Crippen molar-refractivity contribution in [3.05, 3.63) is 58.2 Å². The maximum absolute atomic E-state index is 13.7. The molecule has 1 heterocycles. The van der Waals surface area contributed by atoms with Crippen molar-refractivity contribution in [2.75, 3.05) is 5.73 Å². The number of amides is 1. The maximum atomic E-state index is 13.7. The van der Waals surface area contributed by atoms with Gasteiger partial charge in [-0.2, -0.15) is 5.26 Å². The van der Waals surface area contributed by atoms with Crippen molar-refractivity contribution < 1.29 is 13.6 Å². The molecule has 0 saturated heterocycles. The van der Waals surface area contributed by atoms with Gasteiger partial charge in [0.25, 0.3) is 5.91 Å². The molecule has 1 aromatic carbocycles. The minimum atomic E-state index is -1.29. The van der Waals surface area contributed by atoms with Crippen LogP contribution in [0.4, 0.5) is 14.6 Å². The van der Waals surface area contributed by atoms with Crippen molar-refractivity contribution in [3.8, 4) is 6.07 Å². The Kier molecular flexibility index (Phi) is 4.53. The van der Waals surface area contributed by atoms with Crippen LogP contribution in [0.3, 0.4) is 0 Å². The van der Waals surface area contributed by atoms with Gasteiger partial charge in [0.15, 0.2) is 0 Å². The number of hydrogen-bond donors (Lipinski definition) is 2. The van der Waals surface area contributed by atoms with E-state index in [1.165, 1.54) is 12.1 Å².